The third-order valence-corrected chi connectivity index (χ3v) is 14.2. The van der Waals surface area contributed by atoms with Gasteiger partial charge in [-0.15, -0.1) is 31.7 Å². The Morgan fingerprint density at radius 1 is 0.429 bits per heavy atom. The first-order chi connectivity index (χ1) is 22.6. The van der Waals surface area contributed by atoms with Crippen molar-refractivity contribution in [2.24, 2.45) is 0 Å². The number of hydrogen-bond acceptors (Lipinski definition) is 0. The Morgan fingerprint density at radius 2 is 0.633 bits per heavy atom. The first-order valence-corrected chi connectivity index (χ1v) is 37.9. The summed E-state index contributed by atoms with van der Waals surface area (Å²) in [5.74, 6) is 1.93. The van der Waals surface area contributed by atoms with E-state index in [2.05, 4.69) is 190 Å². The zero-order chi connectivity index (χ0) is 38.6. The maximum atomic E-state index is 6.65. The van der Waals surface area contributed by atoms with Crippen molar-refractivity contribution < 1.29 is 14.5 Å². The van der Waals surface area contributed by atoms with Gasteiger partial charge >= 0.3 is 218 Å². The van der Waals surface area contributed by atoms with Gasteiger partial charge in [0.05, 0.1) is 0 Å². The molecule has 0 aliphatic carbocycles. The molecule has 0 heterocycles. The quantitative estimate of drug-likeness (QED) is 0.171. The molecule has 7 heteroatoms. The van der Waals surface area contributed by atoms with Crippen molar-refractivity contribution in [2.45, 2.75) is 79.1 Å². The third kappa shape index (κ3) is 22.0. The predicted octanol–water partition coefficient (Wildman–Crippen LogP) is 14.4. The van der Waals surface area contributed by atoms with Gasteiger partial charge in [-0.05, 0) is 80.0 Å². The van der Waals surface area contributed by atoms with Crippen LogP contribution in [0.15, 0.2) is 54.6 Å². The summed E-state index contributed by atoms with van der Waals surface area (Å²) in [6.45, 7) is 45.4. The fourth-order valence-corrected chi connectivity index (χ4v) is 12.5. The second-order valence-electron chi connectivity index (χ2n) is 15.5. The molecule has 0 nitrogen and oxygen atoms in total. The molecule has 0 saturated heterocycles. The molecular formula is C42H73ClGeMoP4. The normalized spacial score (nSPS) is 10.7. The zero-order valence-corrected chi connectivity index (χ0v) is 43.5. The number of halogens is 1. The fourth-order valence-electron chi connectivity index (χ4n) is 4.84. The van der Waals surface area contributed by atoms with E-state index in [1.165, 1.54) is 44.5 Å². The Labute approximate surface area is 327 Å². The molecule has 0 bridgehead atoms. The van der Waals surface area contributed by atoms with Crippen LogP contribution in [0.1, 0.15) is 101 Å². The first kappa shape index (κ1) is 52.0. The summed E-state index contributed by atoms with van der Waals surface area (Å²) < 4.78 is 1.57. The van der Waals surface area contributed by atoms with Crippen LogP contribution in [0, 0.1) is 0 Å². The van der Waals surface area contributed by atoms with Crippen LogP contribution in [0.5, 0.6) is 0 Å². The second kappa shape index (κ2) is 28.4. The molecule has 0 N–H and O–H groups in total. The van der Waals surface area contributed by atoms with Gasteiger partial charge in [0, 0.05) is 0 Å². The summed E-state index contributed by atoms with van der Waals surface area (Å²) in [4.78, 5) is 0. The fraction of sp³-hybridized carbons (Fsp3) is 0.571. The minimum absolute atomic E-state index is 0.363. The zero-order valence-electron chi connectivity index (χ0n) is 35.1. The van der Waals surface area contributed by atoms with Crippen molar-refractivity contribution in [1.29, 1.82) is 0 Å². The van der Waals surface area contributed by atoms with Crippen molar-refractivity contribution in [3.05, 3.63) is 76.9 Å². The molecule has 0 unspecified atom stereocenters. The first-order valence-electron chi connectivity index (χ1n) is 17.5. The molecule has 0 radical (unpaired) electrons. The van der Waals surface area contributed by atoms with E-state index in [4.69, 9.17) is 9.42 Å². The van der Waals surface area contributed by atoms with E-state index in [1.54, 1.807) is 4.40 Å². The maximum Gasteiger partial charge on any atom is -0.0449 e. The van der Waals surface area contributed by atoms with Crippen LogP contribution in [-0.2, 0) is 14.5 Å². The van der Waals surface area contributed by atoms with E-state index in [0.717, 1.165) is 0 Å². The van der Waals surface area contributed by atoms with E-state index in [1.807, 2.05) is 0 Å². The van der Waals surface area contributed by atoms with Crippen LogP contribution in [-0.4, -0.2) is 91.9 Å². The molecule has 0 saturated carbocycles. The summed E-state index contributed by atoms with van der Waals surface area (Å²) >= 11 is -0.845. The van der Waals surface area contributed by atoms with Gasteiger partial charge < -0.3 is 0 Å². The van der Waals surface area contributed by atoms with E-state index in [9.17, 15) is 0 Å². The van der Waals surface area contributed by atoms with E-state index >= 15 is 0 Å². The Morgan fingerprint density at radius 3 is 0.816 bits per heavy atom. The van der Waals surface area contributed by atoms with Crippen LogP contribution in [0.25, 0.3) is 22.3 Å². The van der Waals surface area contributed by atoms with Crippen LogP contribution in [0.2, 0.25) is 0 Å². The molecule has 0 aliphatic heterocycles. The molecule has 0 fully saturated rings. The van der Waals surface area contributed by atoms with E-state index in [-0.39, 0.29) is 11.9 Å². The summed E-state index contributed by atoms with van der Waals surface area (Å²) in [5.41, 5.74) is 11.7. The van der Waals surface area contributed by atoms with Crippen molar-refractivity contribution in [3.8, 4) is 22.3 Å². The van der Waals surface area contributed by atoms with Gasteiger partial charge in [-0.25, -0.2) is 0 Å². The summed E-state index contributed by atoms with van der Waals surface area (Å²) in [6.07, 6.45) is 0. The molecule has 278 valence electrons. The van der Waals surface area contributed by atoms with Gasteiger partial charge in [-0.1, -0.05) is 0 Å². The van der Waals surface area contributed by atoms with Gasteiger partial charge in [0.15, 0.2) is 0 Å². The maximum absolute atomic E-state index is 6.65. The van der Waals surface area contributed by atoms with Crippen molar-refractivity contribution in [3.63, 3.8) is 0 Å². The largest absolute Gasteiger partial charge is 0.116 e. The molecule has 3 aromatic carbocycles. The molecule has 0 amide bonds. The van der Waals surface area contributed by atoms with E-state index < -0.39 is 14.5 Å². The summed E-state index contributed by atoms with van der Waals surface area (Å²) in [6, 6.07) is 20.9. The standard InChI is InChI=1S/C30H37Ge.4C3H9P.ClH.Mo/c1-18(2)22-12-9-13-23(19(3)4)28(22)26-16-11-17-27(30(26)31)29-24(20(5)6)14-10-15-25(29)21(7)8;4*1-4(2)3;;/h9-21H,1-8H3;4*1-3H3;1H;/q;;;;;;+1/p-1. The average molecular weight is 906 g/mol. The van der Waals surface area contributed by atoms with Crippen LogP contribution < -0.4 is 4.40 Å². The average Bonchev–Trinajstić information content (AvgIpc) is 2.95. The molecule has 0 spiro atoms. The number of rotatable bonds is 6. The molecule has 3 aromatic rings. The minimum atomic E-state index is -0.483. The molecule has 0 aromatic heterocycles. The minimum Gasteiger partial charge on any atom is -0.116 e. The molecule has 3 rings (SSSR count). The molecular weight excluding hydrogens is 832 g/mol. The predicted molar refractivity (Wildman–Crippen MR) is 244 cm³/mol. The van der Waals surface area contributed by atoms with Crippen molar-refractivity contribution in [1.82, 2.24) is 0 Å². The van der Waals surface area contributed by atoms with Gasteiger partial charge in [-0.3, -0.25) is 0 Å². The van der Waals surface area contributed by atoms with Gasteiger partial charge in [0.1, 0.15) is 0 Å². The number of hydrogen-bond donors (Lipinski definition) is 0. The molecule has 49 heavy (non-hydrogen) atoms. The van der Waals surface area contributed by atoms with Crippen molar-refractivity contribution >= 4 is 57.4 Å². The Balaban J connectivity index is 0. The van der Waals surface area contributed by atoms with Crippen LogP contribution in [0.3, 0.4) is 0 Å². The second-order valence-corrected chi connectivity index (χ2v) is 37.4. The van der Waals surface area contributed by atoms with E-state index in [0.29, 0.717) is 55.4 Å². The van der Waals surface area contributed by atoms with Crippen LogP contribution >= 0.6 is 41.1 Å². The number of benzene rings is 3. The Hall–Kier alpha value is 0.901. The smallest absolute Gasteiger partial charge is 0.0449 e. The molecule has 0 atom stereocenters. The van der Waals surface area contributed by atoms with Gasteiger partial charge in [0.25, 0.3) is 0 Å². The van der Waals surface area contributed by atoms with Gasteiger partial charge in [-0.2, -0.15) is 0 Å². The SMILES string of the molecule is CC(C)c1cccc(C(C)C)c1-c1cccc(-c2c(C(C)C)cccc2C(C)C)[c]1[Ge]#[Mo][Cl].CP(C)C.CP(C)C.CP(C)C.CP(C)C. The summed E-state index contributed by atoms with van der Waals surface area (Å²) in [5, 5.41) is 0. The summed E-state index contributed by atoms with van der Waals surface area (Å²) in [7, 11) is 8.17. The van der Waals surface area contributed by atoms with Gasteiger partial charge in [0.2, 0.25) is 0 Å². The topological polar surface area (TPSA) is 0 Å². The molecule has 0 aliphatic rings. The monoisotopic (exact) mass is 908 g/mol. The van der Waals surface area contributed by atoms with Crippen LogP contribution in [0.4, 0.5) is 0 Å². The third-order valence-electron chi connectivity index (χ3n) is 6.49. The Kier molecular flexibility index (Phi) is 30.1. The van der Waals surface area contributed by atoms with Crippen molar-refractivity contribution in [2.75, 3.05) is 80.0 Å². The Bertz CT molecular complexity index is 1230.